The molecule has 0 bridgehead atoms. The number of hydrogen-bond acceptors (Lipinski definition) is 5. The molecule has 0 aliphatic rings. The molecular weight excluding hydrogens is 236 g/mol. The minimum absolute atomic E-state index is 0.229. The number of nitrogens with zero attached hydrogens (tertiary/aromatic N) is 1. The molecule has 3 N–H and O–H groups in total. The number of amides is 3. The van der Waals surface area contributed by atoms with E-state index in [9.17, 15) is 9.59 Å². The van der Waals surface area contributed by atoms with Gasteiger partial charge in [0, 0.05) is 29.3 Å². The van der Waals surface area contributed by atoms with Crippen molar-refractivity contribution in [1.82, 2.24) is 20.0 Å². The van der Waals surface area contributed by atoms with Crippen molar-refractivity contribution in [2.45, 2.75) is 12.8 Å². The number of nitrogens with one attached hydrogen (secondary N) is 3. The van der Waals surface area contributed by atoms with Crippen LogP contribution in [0.5, 0.6) is 0 Å². The minimum atomic E-state index is -0.565. The summed E-state index contributed by atoms with van der Waals surface area (Å²) in [5.74, 6) is -0.343. The summed E-state index contributed by atoms with van der Waals surface area (Å²) in [4.78, 5) is 28.7. The Morgan fingerprint density at radius 1 is 1.60 bits per heavy atom. The molecule has 8 heteroatoms. The number of aromatic nitrogens is 2. The smallest absolute Gasteiger partial charge is 0.332 e. The molecule has 0 aliphatic heterocycles. The summed E-state index contributed by atoms with van der Waals surface area (Å²) < 4.78 is 2.26. The lowest BCUT2D eigenvalue weighted by molar-refractivity contribution is -0.119. The first kappa shape index (κ1) is 11.9. The Morgan fingerprint density at radius 3 is 3.00 bits per heavy atom. The Hall–Kier alpha value is -1.15. The highest BCUT2D eigenvalue weighted by Gasteiger charge is 2.07. The molecule has 0 fully saturated rings. The lowest BCUT2D eigenvalue weighted by Crippen LogP contribution is -2.35. The SMILES string of the molecule is O=C(CCc1cnc[nH]1)NC(=O)NSS. The number of aryl methyl sites for hydroxylation is 1. The van der Waals surface area contributed by atoms with E-state index in [4.69, 9.17) is 0 Å². The fourth-order valence-electron chi connectivity index (χ4n) is 0.926. The summed E-state index contributed by atoms with van der Waals surface area (Å²) in [5.41, 5.74) is 0.856. The predicted molar refractivity (Wildman–Crippen MR) is 60.2 cm³/mol. The van der Waals surface area contributed by atoms with E-state index >= 15 is 0 Å². The van der Waals surface area contributed by atoms with Crippen molar-refractivity contribution in [1.29, 1.82) is 0 Å². The van der Waals surface area contributed by atoms with E-state index in [1.165, 1.54) is 6.33 Å². The van der Waals surface area contributed by atoms with Gasteiger partial charge in [-0.1, -0.05) is 11.7 Å². The van der Waals surface area contributed by atoms with Gasteiger partial charge >= 0.3 is 6.03 Å². The van der Waals surface area contributed by atoms with E-state index < -0.39 is 6.03 Å². The van der Waals surface area contributed by atoms with Crippen LogP contribution in [0.1, 0.15) is 12.1 Å². The van der Waals surface area contributed by atoms with Gasteiger partial charge < -0.3 is 4.98 Å². The lowest BCUT2D eigenvalue weighted by atomic mass is 10.2. The molecule has 1 aromatic heterocycles. The van der Waals surface area contributed by atoms with Crippen LogP contribution in [0.15, 0.2) is 12.5 Å². The summed E-state index contributed by atoms with van der Waals surface area (Å²) in [6.45, 7) is 0. The number of carbonyl (C=O) groups is 2. The molecule has 6 nitrogen and oxygen atoms in total. The average molecular weight is 246 g/mol. The standard InChI is InChI=1S/C7H10N4O2S2/c12-6(10-7(13)11-15-14)2-1-5-3-8-4-9-5/h3-4,14H,1-2H2,(H,8,9)(H2,10,11,12,13). The zero-order chi connectivity index (χ0) is 11.1. The number of thiol groups is 1. The minimum Gasteiger partial charge on any atom is -0.348 e. The molecule has 0 unspecified atom stereocenters. The maximum Gasteiger partial charge on any atom is 0.332 e. The number of rotatable bonds is 4. The van der Waals surface area contributed by atoms with Gasteiger partial charge in [-0.2, -0.15) is 0 Å². The van der Waals surface area contributed by atoms with Crippen LogP contribution in [0.2, 0.25) is 0 Å². The molecule has 0 aromatic carbocycles. The lowest BCUT2D eigenvalue weighted by Gasteiger charge is -2.02. The third-order valence-corrected chi connectivity index (χ3v) is 2.12. The van der Waals surface area contributed by atoms with Crippen LogP contribution in [0, 0.1) is 0 Å². The maximum absolute atomic E-state index is 11.2. The van der Waals surface area contributed by atoms with Gasteiger partial charge in [0.25, 0.3) is 0 Å². The van der Waals surface area contributed by atoms with E-state index in [0.717, 1.165) is 16.7 Å². The fraction of sp³-hybridized carbons (Fsp3) is 0.286. The van der Waals surface area contributed by atoms with Crippen LogP contribution in [-0.4, -0.2) is 21.9 Å². The highest BCUT2D eigenvalue weighted by molar-refractivity contribution is 8.68. The second kappa shape index (κ2) is 6.36. The molecule has 1 aromatic rings. The number of urea groups is 1. The van der Waals surface area contributed by atoms with Crippen LogP contribution in [0.4, 0.5) is 4.79 Å². The van der Waals surface area contributed by atoms with Gasteiger partial charge in [0.1, 0.15) is 0 Å². The Labute approximate surface area is 95.6 Å². The van der Waals surface area contributed by atoms with Gasteiger partial charge in [-0.3, -0.25) is 14.8 Å². The highest BCUT2D eigenvalue weighted by Crippen LogP contribution is 1.98. The van der Waals surface area contributed by atoms with Crippen molar-refractivity contribution in [2.75, 3.05) is 0 Å². The van der Waals surface area contributed by atoms with Crippen molar-refractivity contribution in [2.24, 2.45) is 0 Å². The van der Waals surface area contributed by atoms with Crippen LogP contribution >= 0.6 is 22.6 Å². The normalized spacial score (nSPS) is 9.67. The van der Waals surface area contributed by atoms with E-state index in [1.54, 1.807) is 6.20 Å². The molecule has 0 aliphatic carbocycles. The molecule has 0 radical (unpaired) electrons. The van der Waals surface area contributed by atoms with E-state index in [0.29, 0.717) is 6.42 Å². The van der Waals surface area contributed by atoms with Gasteiger partial charge in [-0.05, 0) is 6.42 Å². The van der Waals surface area contributed by atoms with Crippen molar-refractivity contribution in [3.05, 3.63) is 18.2 Å². The van der Waals surface area contributed by atoms with Gasteiger partial charge in [0.05, 0.1) is 6.33 Å². The number of aromatic amines is 1. The molecule has 0 spiro atoms. The van der Waals surface area contributed by atoms with E-state index in [2.05, 4.69) is 31.7 Å². The third kappa shape index (κ3) is 4.75. The molecule has 3 amide bonds. The van der Waals surface area contributed by atoms with Crippen molar-refractivity contribution in [3.8, 4) is 0 Å². The third-order valence-electron chi connectivity index (χ3n) is 1.57. The molecule has 1 heterocycles. The first-order chi connectivity index (χ1) is 7.22. The van der Waals surface area contributed by atoms with E-state index in [1.807, 2.05) is 0 Å². The van der Waals surface area contributed by atoms with Crippen molar-refractivity contribution >= 4 is 34.6 Å². The number of carbonyl (C=O) groups excluding carboxylic acids is 2. The highest BCUT2D eigenvalue weighted by atomic mass is 33.1. The summed E-state index contributed by atoms with van der Waals surface area (Å²) in [6, 6.07) is -0.565. The van der Waals surface area contributed by atoms with Gasteiger partial charge in [0.15, 0.2) is 0 Å². The van der Waals surface area contributed by atoms with Crippen LogP contribution in [-0.2, 0) is 11.2 Å². The van der Waals surface area contributed by atoms with Crippen LogP contribution in [0.25, 0.3) is 0 Å². The van der Waals surface area contributed by atoms with E-state index in [-0.39, 0.29) is 12.3 Å². The maximum atomic E-state index is 11.2. The second-order valence-electron chi connectivity index (χ2n) is 2.65. The summed E-state index contributed by atoms with van der Waals surface area (Å²) >= 11 is 3.70. The zero-order valence-electron chi connectivity index (χ0n) is 7.69. The Balaban J connectivity index is 2.22. The summed E-state index contributed by atoms with van der Waals surface area (Å²) in [5, 5.41) is 2.15. The average Bonchev–Trinajstić information content (AvgIpc) is 2.67. The molecule has 0 saturated carbocycles. The Kier molecular flexibility index (Phi) is 5.05. The van der Waals surface area contributed by atoms with Gasteiger partial charge in [-0.15, -0.1) is 0 Å². The second-order valence-corrected chi connectivity index (χ2v) is 3.58. The van der Waals surface area contributed by atoms with Gasteiger partial charge in [-0.25, -0.2) is 9.78 Å². The number of imidazole rings is 1. The van der Waals surface area contributed by atoms with Crippen molar-refractivity contribution < 1.29 is 9.59 Å². The Bertz CT molecular complexity index is 328. The van der Waals surface area contributed by atoms with Crippen molar-refractivity contribution in [3.63, 3.8) is 0 Å². The summed E-state index contributed by atoms with van der Waals surface area (Å²) in [7, 11) is 0.832. The first-order valence-electron chi connectivity index (χ1n) is 4.10. The van der Waals surface area contributed by atoms with Gasteiger partial charge in [0.2, 0.25) is 5.91 Å². The fourth-order valence-corrected chi connectivity index (χ4v) is 1.31. The van der Waals surface area contributed by atoms with Crippen LogP contribution < -0.4 is 10.0 Å². The molecule has 0 saturated heterocycles. The molecule has 82 valence electrons. The Morgan fingerprint density at radius 2 is 2.40 bits per heavy atom. The molecular formula is C7H10N4O2S2. The first-order valence-corrected chi connectivity index (χ1v) is 5.96. The number of hydrogen-bond donors (Lipinski definition) is 4. The molecule has 0 atom stereocenters. The number of H-pyrrole nitrogens is 1. The molecule has 15 heavy (non-hydrogen) atoms. The quantitative estimate of drug-likeness (QED) is 0.357. The zero-order valence-corrected chi connectivity index (χ0v) is 9.40. The van der Waals surface area contributed by atoms with Crippen LogP contribution in [0.3, 0.4) is 0 Å². The monoisotopic (exact) mass is 246 g/mol. The largest absolute Gasteiger partial charge is 0.348 e. The topological polar surface area (TPSA) is 86.9 Å². The molecule has 1 rings (SSSR count). The number of imide groups is 1. The summed E-state index contributed by atoms with van der Waals surface area (Å²) in [6.07, 6.45) is 3.92. The predicted octanol–water partition coefficient (Wildman–Crippen LogP) is 0.661.